The molecule has 5 N–H and O–H groups in total. The Morgan fingerprint density at radius 2 is 0.636 bits per heavy atom. The van der Waals surface area contributed by atoms with Gasteiger partial charge in [0.15, 0.2) is 0 Å². The Balaban J connectivity index is 3.59. The number of carbonyl (C=O) groups excluding carboxylic acids is 1. The van der Waals surface area contributed by atoms with Crippen molar-refractivity contribution in [2.24, 2.45) is 0 Å². The van der Waals surface area contributed by atoms with Crippen LogP contribution in [0.25, 0.3) is 0 Å². The van der Waals surface area contributed by atoms with Crippen molar-refractivity contribution in [3.05, 3.63) is 24.3 Å². The molecular formula is C60H117NO5. The SMILES string of the molecule is CCCCCCCCCCCC/C=C/CC/C=C/CCCC(O)C(O)C(CO)NC(=O)C(O)CCCCCCCCCCCCCCCCCCCCCCCCCCCCCCCCC. The Bertz CT molecular complexity index is 1000. The molecule has 0 radical (unpaired) electrons. The van der Waals surface area contributed by atoms with Crippen LogP contribution in [-0.4, -0.2) is 57.3 Å². The highest BCUT2D eigenvalue weighted by Crippen LogP contribution is 2.18. The van der Waals surface area contributed by atoms with Crippen LogP contribution < -0.4 is 5.32 Å². The molecule has 0 saturated heterocycles. The molecule has 0 aliphatic heterocycles. The molecular weight excluding hydrogens is 815 g/mol. The fraction of sp³-hybridized carbons (Fsp3) is 0.917. The molecule has 0 rings (SSSR count). The Hall–Kier alpha value is -1.21. The van der Waals surface area contributed by atoms with Crippen molar-refractivity contribution in [1.82, 2.24) is 5.32 Å². The number of aliphatic hydroxyl groups is 4. The highest BCUT2D eigenvalue weighted by Gasteiger charge is 2.28. The maximum atomic E-state index is 12.6. The van der Waals surface area contributed by atoms with E-state index in [1.807, 2.05) is 0 Å². The van der Waals surface area contributed by atoms with E-state index in [0.717, 1.165) is 38.5 Å². The molecule has 0 bridgehead atoms. The van der Waals surface area contributed by atoms with Gasteiger partial charge in [0.1, 0.15) is 12.2 Å². The van der Waals surface area contributed by atoms with Crippen LogP contribution in [0.2, 0.25) is 0 Å². The van der Waals surface area contributed by atoms with Gasteiger partial charge in [0.05, 0.1) is 18.8 Å². The topological polar surface area (TPSA) is 110 Å². The maximum absolute atomic E-state index is 12.6. The summed E-state index contributed by atoms with van der Waals surface area (Å²) in [5.41, 5.74) is 0. The molecule has 0 heterocycles. The van der Waals surface area contributed by atoms with E-state index in [2.05, 4.69) is 43.5 Å². The first-order chi connectivity index (χ1) is 32.5. The number of aliphatic hydroxyl groups excluding tert-OH is 4. The molecule has 0 aromatic rings. The lowest BCUT2D eigenvalue weighted by atomic mass is 10.00. The van der Waals surface area contributed by atoms with Gasteiger partial charge in [-0.1, -0.05) is 295 Å². The Morgan fingerprint density at radius 1 is 0.364 bits per heavy atom. The van der Waals surface area contributed by atoms with Crippen LogP contribution in [-0.2, 0) is 4.79 Å². The average molecular weight is 933 g/mol. The monoisotopic (exact) mass is 932 g/mol. The van der Waals surface area contributed by atoms with E-state index in [1.54, 1.807) is 0 Å². The second-order valence-corrected chi connectivity index (χ2v) is 20.7. The van der Waals surface area contributed by atoms with Crippen LogP contribution in [0.15, 0.2) is 24.3 Å². The van der Waals surface area contributed by atoms with E-state index in [1.165, 1.54) is 250 Å². The van der Waals surface area contributed by atoms with Crippen LogP contribution in [0.3, 0.4) is 0 Å². The molecule has 0 aromatic heterocycles. The highest BCUT2D eigenvalue weighted by molar-refractivity contribution is 5.80. The summed E-state index contributed by atoms with van der Waals surface area (Å²) in [5.74, 6) is -0.591. The summed E-state index contributed by atoms with van der Waals surface area (Å²) < 4.78 is 0. The molecule has 6 heteroatoms. The fourth-order valence-electron chi connectivity index (χ4n) is 9.48. The van der Waals surface area contributed by atoms with Crippen LogP contribution in [0.1, 0.15) is 322 Å². The number of allylic oxidation sites excluding steroid dienone is 4. The van der Waals surface area contributed by atoms with Crippen molar-refractivity contribution in [2.75, 3.05) is 6.61 Å². The molecule has 0 aromatic carbocycles. The third-order valence-electron chi connectivity index (χ3n) is 14.1. The standard InChI is InChI=1S/C60H117NO5/c1-3-5-7-9-11-13-15-17-19-21-23-24-25-26-27-28-29-30-31-32-33-34-36-38-40-42-44-46-48-50-52-54-58(64)60(66)61-56(55-62)59(65)57(63)53-51-49-47-45-43-41-39-37-35-22-20-18-16-14-12-10-8-6-4-2/h37,39,45,47,56-59,62-65H,3-36,38,40-44,46,48-55H2,1-2H3,(H,61,66)/b39-37+,47-45+. The Morgan fingerprint density at radius 3 is 0.955 bits per heavy atom. The number of nitrogens with one attached hydrogen (secondary N) is 1. The van der Waals surface area contributed by atoms with Crippen LogP contribution in [0.5, 0.6) is 0 Å². The van der Waals surface area contributed by atoms with Crippen molar-refractivity contribution < 1.29 is 25.2 Å². The van der Waals surface area contributed by atoms with E-state index in [-0.39, 0.29) is 0 Å². The molecule has 0 fully saturated rings. The summed E-state index contributed by atoms with van der Waals surface area (Å²) in [6, 6.07) is -1.01. The molecule has 0 aliphatic carbocycles. The van der Waals surface area contributed by atoms with Gasteiger partial charge in [-0.2, -0.15) is 0 Å². The number of carbonyl (C=O) groups is 1. The number of unbranched alkanes of at least 4 members (excludes halogenated alkanes) is 42. The van der Waals surface area contributed by atoms with Gasteiger partial charge in [0.2, 0.25) is 5.91 Å². The molecule has 0 aliphatic rings. The third-order valence-corrected chi connectivity index (χ3v) is 14.1. The second-order valence-electron chi connectivity index (χ2n) is 20.7. The summed E-state index contributed by atoms with van der Waals surface area (Å²) in [6.07, 6.45) is 67.0. The van der Waals surface area contributed by atoms with Gasteiger partial charge in [0, 0.05) is 0 Å². The van der Waals surface area contributed by atoms with Crippen LogP contribution in [0.4, 0.5) is 0 Å². The lowest BCUT2D eigenvalue weighted by Gasteiger charge is -2.27. The van der Waals surface area contributed by atoms with Gasteiger partial charge in [-0.05, 0) is 51.4 Å². The van der Waals surface area contributed by atoms with Crippen molar-refractivity contribution >= 4 is 5.91 Å². The average Bonchev–Trinajstić information content (AvgIpc) is 3.32. The number of amides is 1. The van der Waals surface area contributed by atoms with Crippen molar-refractivity contribution in [2.45, 2.75) is 346 Å². The minimum absolute atomic E-state index is 0.365. The minimum Gasteiger partial charge on any atom is -0.394 e. The molecule has 0 saturated carbocycles. The van der Waals surface area contributed by atoms with E-state index < -0.39 is 36.9 Å². The molecule has 1 amide bonds. The van der Waals surface area contributed by atoms with Crippen LogP contribution in [0, 0.1) is 0 Å². The van der Waals surface area contributed by atoms with Gasteiger partial charge in [-0.15, -0.1) is 0 Å². The van der Waals surface area contributed by atoms with Gasteiger partial charge >= 0.3 is 0 Å². The summed E-state index contributed by atoms with van der Waals surface area (Å²) in [4.78, 5) is 12.6. The lowest BCUT2D eigenvalue weighted by molar-refractivity contribution is -0.132. The molecule has 4 unspecified atom stereocenters. The number of hydrogen-bond acceptors (Lipinski definition) is 5. The van der Waals surface area contributed by atoms with Crippen LogP contribution >= 0.6 is 0 Å². The predicted octanol–water partition coefficient (Wildman–Crippen LogP) is 17.4. The van der Waals surface area contributed by atoms with E-state index in [4.69, 9.17) is 0 Å². The fourth-order valence-corrected chi connectivity index (χ4v) is 9.48. The van der Waals surface area contributed by atoms with Gasteiger partial charge in [-0.3, -0.25) is 4.79 Å². The first-order valence-corrected chi connectivity index (χ1v) is 29.7. The minimum atomic E-state index is -1.29. The zero-order valence-electron chi connectivity index (χ0n) is 44.5. The first kappa shape index (κ1) is 64.8. The zero-order valence-corrected chi connectivity index (χ0v) is 44.5. The third kappa shape index (κ3) is 47.8. The van der Waals surface area contributed by atoms with Gasteiger partial charge < -0.3 is 25.7 Å². The molecule has 392 valence electrons. The molecule has 4 atom stereocenters. The van der Waals surface area contributed by atoms with Crippen molar-refractivity contribution in [3.8, 4) is 0 Å². The first-order valence-electron chi connectivity index (χ1n) is 29.7. The second kappa shape index (κ2) is 54.7. The van der Waals surface area contributed by atoms with E-state index >= 15 is 0 Å². The zero-order chi connectivity index (χ0) is 48.1. The summed E-state index contributed by atoms with van der Waals surface area (Å²) in [6.45, 7) is 4.07. The number of hydrogen-bond donors (Lipinski definition) is 5. The quantitative estimate of drug-likeness (QED) is 0.0308. The largest absolute Gasteiger partial charge is 0.394 e. The van der Waals surface area contributed by atoms with Gasteiger partial charge in [0.25, 0.3) is 0 Å². The molecule has 0 spiro atoms. The van der Waals surface area contributed by atoms with Crippen molar-refractivity contribution in [3.63, 3.8) is 0 Å². The summed E-state index contributed by atoms with van der Waals surface area (Å²) >= 11 is 0. The van der Waals surface area contributed by atoms with E-state index in [0.29, 0.717) is 19.3 Å². The summed E-state index contributed by atoms with van der Waals surface area (Å²) in [5, 5.41) is 44.0. The Kier molecular flexibility index (Phi) is 53.7. The lowest BCUT2D eigenvalue weighted by Crippen LogP contribution is -2.53. The highest BCUT2D eigenvalue weighted by atomic mass is 16.3. The Labute approximate surface area is 412 Å². The predicted molar refractivity (Wildman–Crippen MR) is 288 cm³/mol. The normalized spacial score (nSPS) is 13.8. The smallest absolute Gasteiger partial charge is 0.249 e. The van der Waals surface area contributed by atoms with E-state index in [9.17, 15) is 25.2 Å². The maximum Gasteiger partial charge on any atom is 0.249 e. The van der Waals surface area contributed by atoms with Crippen molar-refractivity contribution in [1.29, 1.82) is 0 Å². The number of rotatable bonds is 55. The molecule has 6 nitrogen and oxygen atoms in total. The summed E-state index contributed by atoms with van der Waals surface area (Å²) in [7, 11) is 0. The molecule has 66 heavy (non-hydrogen) atoms. The van der Waals surface area contributed by atoms with Gasteiger partial charge in [-0.25, -0.2) is 0 Å².